The topological polar surface area (TPSA) is 6.48 Å². The van der Waals surface area contributed by atoms with E-state index in [-0.39, 0.29) is 0 Å². The van der Waals surface area contributed by atoms with Gasteiger partial charge < -0.3 is 9.80 Å². The highest BCUT2D eigenvalue weighted by Gasteiger charge is 2.03. The summed E-state index contributed by atoms with van der Waals surface area (Å²) < 4.78 is 0. The van der Waals surface area contributed by atoms with Crippen LogP contribution >= 0.6 is 10.0 Å². The molecule has 0 saturated heterocycles. The van der Waals surface area contributed by atoms with Crippen molar-refractivity contribution in [3.05, 3.63) is 12.4 Å². The van der Waals surface area contributed by atoms with Crippen molar-refractivity contribution in [1.82, 2.24) is 9.80 Å². The summed E-state index contributed by atoms with van der Waals surface area (Å²) in [5.41, 5.74) is 0. The van der Waals surface area contributed by atoms with Gasteiger partial charge in [0.25, 0.3) is 0 Å². The third kappa shape index (κ3) is 3.36. The molecule has 1 heterocycles. The molecule has 0 saturated carbocycles. The highest BCUT2D eigenvalue weighted by Crippen LogP contribution is 2.00. The van der Waals surface area contributed by atoms with E-state index in [0.29, 0.717) is 0 Å². The van der Waals surface area contributed by atoms with Gasteiger partial charge in [0.05, 0.1) is 6.67 Å². The molecule has 0 bridgehead atoms. The fraction of sp³-hybridized carbons (Fsp3) is 0.667. The summed E-state index contributed by atoms with van der Waals surface area (Å²) in [6.45, 7) is 4.32. The molecule has 0 aromatic heterocycles. The van der Waals surface area contributed by atoms with Gasteiger partial charge in [0.15, 0.2) is 0 Å². The van der Waals surface area contributed by atoms with E-state index in [0.717, 1.165) is 28.6 Å². The van der Waals surface area contributed by atoms with Crippen LogP contribution in [-0.2, 0) is 0 Å². The molecule has 0 unspecified atom stereocenters. The molecule has 0 aromatic rings. The van der Waals surface area contributed by atoms with Gasteiger partial charge in [-0.1, -0.05) is 0 Å². The molecule has 0 aromatic carbocycles. The third-order valence-corrected chi connectivity index (χ3v) is 1.34. The van der Waals surface area contributed by atoms with Crippen LogP contribution in [0.5, 0.6) is 0 Å². The molecule has 0 atom stereocenters. The molecule has 10 heavy (non-hydrogen) atoms. The van der Waals surface area contributed by atoms with Crippen molar-refractivity contribution in [2.75, 3.05) is 20.3 Å². The molecule has 0 fully saturated rings. The van der Waals surface area contributed by atoms with Crippen LogP contribution in [-0.4, -0.2) is 45.4 Å². The maximum atomic E-state index is 4.78. The zero-order chi connectivity index (χ0) is 7.98. The van der Waals surface area contributed by atoms with E-state index in [1.165, 1.54) is 0 Å². The van der Waals surface area contributed by atoms with E-state index in [2.05, 4.69) is 36.2 Å². The van der Waals surface area contributed by atoms with Gasteiger partial charge in [0, 0.05) is 26.0 Å². The Morgan fingerprint density at radius 2 is 2.10 bits per heavy atom. The lowest BCUT2D eigenvalue weighted by molar-refractivity contribution is 0.308. The van der Waals surface area contributed by atoms with E-state index >= 15 is 0 Å². The largest absolute Gasteiger partial charge is 0.362 e. The molecule has 1 rings (SSSR count). The maximum absolute atomic E-state index is 4.78. The second-order valence-corrected chi connectivity index (χ2v) is 2.10. The molecule has 0 radical (unpaired) electrons. The Labute approximate surface area is 75.1 Å². The Morgan fingerprint density at radius 1 is 1.50 bits per heavy atom. The minimum Gasteiger partial charge on any atom is -0.362 e. The van der Waals surface area contributed by atoms with Gasteiger partial charge in [-0.05, 0) is 6.92 Å². The summed E-state index contributed by atoms with van der Waals surface area (Å²) in [5.74, 6) is 0. The first kappa shape index (κ1) is 10.2. The average Bonchev–Trinajstić information content (AvgIpc) is 2.40. The van der Waals surface area contributed by atoms with Gasteiger partial charge >= 0.3 is 15.4 Å². The third-order valence-electron chi connectivity index (χ3n) is 1.34. The molecule has 1 aliphatic rings. The number of hydrogen-bond donors (Lipinski definition) is 0. The molecule has 1 aliphatic heterocycles. The van der Waals surface area contributed by atoms with Gasteiger partial charge in [-0.15, -0.1) is 0 Å². The van der Waals surface area contributed by atoms with E-state index in [1.807, 2.05) is 0 Å². The quantitative estimate of drug-likeness (QED) is 0.536. The Kier molecular flexibility index (Phi) is 6.01. The predicted molar refractivity (Wildman–Crippen MR) is 48.5 cm³/mol. The van der Waals surface area contributed by atoms with Crippen molar-refractivity contribution < 1.29 is 0 Å². The molecular formula is C6H14AlClN2. The van der Waals surface area contributed by atoms with Gasteiger partial charge in [0.1, 0.15) is 0 Å². The van der Waals surface area contributed by atoms with Crippen molar-refractivity contribution in [1.29, 1.82) is 0 Å². The fourth-order valence-corrected chi connectivity index (χ4v) is 0.794. The molecule has 58 valence electrons. The van der Waals surface area contributed by atoms with Gasteiger partial charge in [-0.25, -0.2) is 0 Å². The van der Waals surface area contributed by atoms with E-state index in [9.17, 15) is 0 Å². The Bertz CT molecular complexity index is 108. The minimum absolute atomic E-state index is 0.778. The summed E-state index contributed by atoms with van der Waals surface area (Å²) >= 11 is 0.778. The lowest BCUT2D eigenvalue weighted by Gasteiger charge is -2.14. The smallest absolute Gasteiger partial charge is 0.353 e. The highest BCUT2D eigenvalue weighted by atomic mass is 35.6. The van der Waals surface area contributed by atoms with Gasteiger partial charge in [-0.2, -0.15) is 0 Å². The summed E-state index contributed by atoms with van der Waals surface area (Å²) in [5, 5.41) is 0. The molecule has 0 N–H and O–H groups in total. The number of nitrogens with zero attached hydrogens (tertiary/aromatic N) is 2. The van der Waals surface area contributed by atoms with Gasteiger partial charge in [0.2, 0.25) is 0 Å². The molecule has 0 aliphatic carbocycles. The average molecular weight is 177 g/mol. The van der Waals surface area contributed by atoms with Gasteiger partial charge in [-0.3, -0.25) is 10.0 Å². The molecule has 4 heteroatoms. The lowest BCUT2D eigenvalue weighted by atomic mass is 10.6. The summed E-state index contributed by atoms with van der Waals surface area (Å²) in [6.07, 6.45) is 4.20. The first-order valence-electron chi connectivity index (χ1n) is 3.33. The number of hydrogen-bond acceptors (Lipinski definition) is 2. The first-order chi connectivity index (χ1) is 4.83. The molecular weight excluding hydrogens is 163 g/mol. The van der Waals surface area contributed by atoms with Crippen molar-refractivity contribution in [3.63, 3.8) is 0 Å². The zero-order valence-electron chi connectivity index (χ0n) is 6.84. The van der Waals surface area contributed by atoms with Crippen LogP contribution in [0.15, 0.2) is 12.4 Å². The lowest BCUT2D eigenvalue weighted by Crippen LogP contribution is -2.21. The predicted octanol–water partition coefficient (Wildman–Crippen LogP) is 0.456. The molecule has 2 nitrogen and oxygen atoms in total. The summed E-state index contributed by atoms with van der Waals surface area (Å²) in [6, 6.07) is 0. The Balaban J connectivity index is 0.000000371. The Morgan fingerprint density at radius 3 is 2.30 bits per heavy atom. The van der Waals surface area contributed by atoms with Crippen molar-refractivity contribution in [2.45, 2.75) is 6.92 Å². The van der Waals surface area contributed by atoms with Crippen LogP contribution < -0.4 is 0 Å². The van der Waals surface area contributed by atoms with Crippen LogP contribution in [0.3, 0.4) is 0 Å². The highest BCUT2D eigenvalue weighted by molar-refractivity contribution is 6.80. The molecule has 0 amide bonds. The standard InChI is InChI=1S/C6H12N2.Al.ClH.2H/c1-3-8-5-4-7(2)6-8;;;;/h4-5H,3,6H2,1-2H3;;1H;;/q;+1;;;/p-1. The second-order valence-electron chi connectivity index (χ2n) is 2.10. The van der Waals surface area contributed by atoms with Crippen LogP contribution in [0.1, 0.15) is 6.92 Å². The van der Waals surface area contributed by atoms with E-state index < -0.39 is 0 Å². The summed E-state index contributed by atoms with van der Waals surface area (Å²) in [7, 11) is 6.85. The van der Waals surface area contributed by atoms with Crippen LogP contribution in [0.2, 0.25) is 0 Å². The summed E-state index contributed by atoms with van der Waals surface area (Å²) in [4.78, 5) is 4.41. The first-order valence-corrected chi connectivity index (χ1v) is 6.35. The van der Waals surface area contributed by atoms with E-state index in [1.54, 1.807) is 0 Å². The van der Waals surface area contributed by atoms with Crippen LogP contribution in [0, 0.1) is 0 Å². The molecule has 0 spiro atoms. The van der Waals surface area contributed by atoms with Crippen molar-refractivity contribution in [2.24, 2.45) is 0 Å². The minimum atomic E-state index is 0.778. The Hall–Kier alpha value is 0.162. The number of rotatable bonds is 1. The van der Waals surface area contributed by atoms with Crippen molar-refractivity contribution in [3.8, 4) is 0 Å². The maximum Gasteiger partial charge on any atom is 0.353 e. The van der Waals surface area contributed by atoms with E-state index in [4.69, 9.17) is 10.0 Å². The van der Waals surface area contributed by atoms with Crippen molar-refractivity contribution >= 4 is 25.4 Å². The normalized spacial score (nSPS) is 15.1. The second kappa shape index (κ2) is 5.91. The van der Waals surface area contributed by atoms with Crippen LogP contribution in [0.25, 0.3) is 0 Å². The fourth-order valence-electron chi connectivity index (χ4n) is 0.794. The van der Waals surface area contributed by atoms with Crippen LogP contribution in [0.4, 0.5) is 0 Å². The monoisotopic (exact) mass is 176 g/mol. The number of halogens is 1. The zero-order valence-corrected chi connectivity index (χ0v) is 9.60. The SMILES string of the molecule is CCN1C=CN(C)C1.[AlH2][Cl].